The second-order valence-electron chi connectivity index (χ2n) is 20.6. The van der Waals surface area contributed by atoms with Gasteiger partial charge in [-0.2, -0.15) is 0 Å². The Kier molecular flexibility index (Phi) is 19.7. The van der Waals surface area contributed by atoms with E-state index < -0.39 is 0 Å². The van der Waals surface area contributed by atoms with Gasteiger partial charge in [0.2, 0.25) is 0 Å². The first-order chi connectivity index (χ1) is 28.8. The molecule has 0 bridgehead atoms. The summed E-state index contributed by atoms with van der Waals surface area (Å²) in [6.45, 7) is 25.7. The van der Waals surface area contributed by atoms with Gasteiger partial charge in [-0.05, 0) is 116 Å². The highest BCUT2D eigenvalue weighted by molar-refractivity contribution is 5.67. The minimum Gasteiger partial charge on any atom is -0.446 e. The maximum absolute atomic E-state index is 12.7. The molecule has 0 radical (unpaired) electrons. The van der Waals surface area contributed by atoms with Gasteiger partial charge in [-0.25, -0.2) is 4.79 Å². The minimum atomic E-state index is -0.336. The second-order valence-corrected chi connectivity index (χ2v) is 20.6. The van der Waals surface area contributed by atoms with Crippen molar-refractivity contribution in [3.8, 4) is 0 Å². The van der Waals surface area contributed by atoms with Gasteiger partial charge in [0.15, 0.2) is 0 Å². The number of hydrogen-bond donors (Lipinski definition) is 1. The standard InChI is InChI=1S/C49H86N4O7/c1-9-47(5,6)36-59-25-11-10-24-53-34-40(51-52-53)35-58-32-31-57-30-29-56-28-27-55-26-23-50-46(54)60-41-19-21-48(7)39(33-41)15-16-42-44-18-17-43(38(4)14-12-13-37(2)3)49(44,8)22-20-45(42)48/h15,34,37-38,41-45H,9-14,16-33,35-36H2,1-8H3,(H,50,54)/t38-,41+,42+,43-,44+,45+,48+,49-/m1/s1. The lowest BCUT2D eigenvalue weighted by atomic mass is 9.47. The van der Waals surface area contributed by atoms with Gasteiger partial charge in [-0.3, -0.25) is 4.68 Å². The van der Waals surface area contributed by atoms with Crippen LogP contribution in [0.25, 0.3) is 0 Å². The first-order valence-corrected chi connectivity index (χ1v) is 24.3. The van der Waals surface area contributed by atoms with Crippen LogP contribution >= 0.6 is 0 Å². The third-order valence-electron chi connectivity index (χ3n) is 15.4. The molecule has 1 aromatic heterocycles. The summed E-state index contributed by atoms with van der Waals surface area (Å²) < 4.78 is 36.2. The molecular weight excluding hydrogens is 757 g/mol. The third kappa shape index (κ3) is 14.2. The minimum absolute atomic E-state index is 0.0445. The first-order valence-electron chi connectivity index (χ1n) is 24.3. The zero-order valence-electron chi connectivity index (χ0n) is 39.3. The predicted octanol–water partition coefficient (Wildman–Crippen LogP) is 10.2. The van der Waals surface area contributed by atoms with Crippen molar-refractivity contribution in [3.05, 3.63) is 23.5 Å². The molecule has 4 aliphatic carbocycles. The Labute approximate surface area is 364 Å². The first kappa shape index (κ1) is 49.0. The Hall–Kier alpha value is -2.05. The number of unbranched alkanes of at least 4 members (excludes halogenated alkanes) is 1. The van der Waals surface area contributed by atoms with Crippen LogP contribution < -0.4 is 5.32 Å². The van der Waals surface area contributed by atoms with E-state index in [1.54, 1.807) is 5.57 Å². The van der Waals surface area contributed by atoms with Crippen LogP contribution in [0.3, 0.4) is 0 Å². The molecule has 0 aliphatic heterocycles. The molecule has 8 atom stereocenters. The summed E-state index contributed by atoms with van der Waals surface area (Å²) in [5.41, 5.74) is 3.39. The van der Waals surface area contributed by atoms with E-state index in [4.69, 9.17) is 28.4 Å². The Balaban J connectivity index is 0.843. The zero-order valence-corrected chi connectivity index (χ0v) is 39.3. The van der Waals surface area contributed by atoms with Gasteiger partial charge in [0.05, 0.1) is 65.7 Å². The quantitative estimate of drug-likeness (QED) is 0.0650. The van der Waals surface area contributed by atoms with E-state index in [9.17, 15) is 4.79 Å². The number of amides is 1. The number of rotatable bonds is 28. The van der Waals surface area contributed by atoms with Crippen LogP contribution in [0.15, 0.2) is 17.8 Å². The van der Waals surface area contributed by atoms with Gasteiger partial charge in [-0.1, -0.05) is 91.5 Å². The van der Waals surface area contributed by atoms with Crippen LogP contribution in [0.5, 0.6) is 0 Å². The fourth-order valence-corrected chi connectivity index (χ4v) is 11.4. The summed E-state index contributed by atoms with van der Waals surface area (Å²) in [7, 11) is 0. The molecule has 0 unspecified atom stereocenters. The number of fused-ring (bicyclic) bond motifs is 5. The number of hydrogen-bond acceptors (Lipinski definition) is 9. The molecule has 0 aromatic carbocycles. The number of alkyl carbamates (subject to hydrolysis) is 1. The average Bonchev–Trinajstić information content (AvgIpc) is 3.82. The second kappa shape index (κ2) is 24.1. The normalized spacial score (nSPS) is 28.2. The van der Waals surface area contributed by atoms with Crippen molar-refractivity contribution < 1.29 is 33.2 Å². The number of carbonyl (C=O) groups excluding carboxylic acids is 1. The smallest absolute Gasteiger partial charge is 0.407 e. The van der Waals surface area contributed by atoms with Crippen molar-refractivity contribution in [1.82, 2.24) is 20.3 Å². The van der Waals surface area contributed by atoms with Gasteiger partial charge >= 0.3 is 6.09 Å². The fourth-order valence-electron chi connectivity index (χ4n) is 11.4. The molecule has 3 saturated carbocycles. The van der Waals surface area contributed by atoms with Crippen molar-refractivity contribution in [1.29, 1.82) is 0 Å². The average molecular weight is 843 g/mol. The maximum Gasteiger partial charge on any atom is 0.407 e. The SMILES string of the molecule is CCC(C)(C)COCCCCn1cc(COCCOCCOCCOCCNC(=O)O[C@H]2CC[C@@]3(C)C(=CC[C@H]4[C@@H]5CC[C@H]([C@H](C)CCCC(C)C)[C@@]5(C)CC[C@@H]43)C2)nn1. The zero-order chi connectivity index (χ0) is 43.0. The summed E-state index contributed by atoms with van der Waals surface area (Å²) in [6, 6.07) is 0. The largest absolute Gasteiger partial charge is 0.446 e. The number of nitrogens with zero attached hydrogens (tertiary/aromatic N) is 3. The third-order valence-corrected chi connectivity index (χ3v) is 15.4. The number of ether oxygens (including phenoxy) is 6. The topological polar surface area (TPSA) is 115 Å². The fraction of sp³-hybridized carbons (Fsp3) is 0.898. The van der Waals surface area contributed by atoms with E-state index in [1.807, 2.05) is 10.9 Å². The lowest BCUT2D eigenvalue weighted by Gasteiger charge is -2.58. The van der Waals surface area contributed by atoms with E-state index in [-0.39, 0.29) is 23.0 Å². The Morgan fingerprint density at radius 2 is 1.60 bits per heavy atom. The van der Waals surface area contributed by atoms with Crippen LogP contribution in [0.2, 0.25) is 0 Å². The molecule has 3 fully saturated rings. The summed E-state index contributed by atoms with van der Waals surface area (Å²) in [5, 5.41) is 11.3. The Morgan fingerprint density at radius 3 is 2.33 bits per heavy atom. The van der Waals surface area contributed by atoms with Gasteiger partial charge in [0.25, 0.3) is 0 Å². The van der Waals surface area contributed by atoms with E-state index in [2.05, 4.69) is 77.1 Å². The van der Waals surface area contributed by atoms with E-state index in [1.165, 1.54) is 51.4 Å². The van der Waals surface area contributed by atoms with Crippen LogP contribution in [-0.4, -0.2) is 93.2 Å². The van der Waals surface area contributed by atoms with E-state index in [0.29, 0.717) is 64.8 Å². The Bertz CT molecular complexity index is 1430. The van der Waals surface area contributed by atoms with Crippen molar-refractivity contribution in [2.75, 3.05) is 66.0 Å². The number of carbonyl (C=O) groups is 1. The molecule has 1 aromatic rings. The van der Waals surface area contributed by atoms with E-state index in [0.717, 1.165) is 99.5 Å². The molecule has 4 aliphatic rings. The predicted molar refractivity (Wildman–Crippen MR) is 238 cm³/mol. The number of nitrogens with one attached hydrogen (secondary N) is 1. The lowest BCUT2D eigenvalue weighted by molar-refractivity contribution is -0.0581. The molecule has 344 valence electrons. The summed E-state index contributed by atoms with van der Waals surface area (Å²) in [5.74, 6) is 5.00. The summed E-state index contributed by atoms with van der Waals surface area (Å²) in [6.07, 6.45) is 21.2. The van der Waals surface area contributed by atoms with Gasteiger partial charge in [0, 0.05) is 26.1 Å². The molecule has 5 rings (SSSR count). The Morgan fingerprint density at radius 1 is 0.867 bits per heavy atom. The van der Waals surface area contributed by atoms with Gasteiger partial charge in [0.1, 0.15) is 11.8 Å². The van der Waals surface area contributed by atoms with Crippen LogP contribution in [-0.2, 0) is 41.6 Å². The molecule has 1 amide bonds. The van der Waals surface area contributed by atoms with Gasteiger partial charge in [-0.15, -0.1) is 5.10 Å². The number of aromatic nitrogens is 3. The van der Waals surface area contributed by atoms with Crippen LogP contribution in [0.4, 0.5) is 4.79 Å². The highest BCUT2D eigenvalue weighted by atomic mass is 16.6. The molecule has 60 heavy (non-hydrogen) atoms. The monoisotopic (exact) mass is 843 g/mol. The van der Waals surface area contributed by atoms with Crippen molar-refractivity contribution in [2.45, 2.75) is 165 Å². The molecule has 1 heterocycles. The summed E-state index contributed by atoms with van der Waals surface area (Å²) in [4.78, 5) is 12.7. The van der Waals surface area contributed by atoms with Crippen molar-refractivity contribution in [3.63, 3.8) is 0 Å². The molecule has 0 spiro atoms. The van der Waals surface area contributed by atoms with Crippen LogP contribution in [0, 0.1) is 51.8 Å². The number of aryl methyl sites for hydroxylation is 1. The highest BCUT2D eigenvalue weighted by Gasteiger charge is 2.59. The molecule has 0 saturated heterocycles. The number of allylic oxidation sites excluding steroid dienone is 1. The highest BCUT2D eigenvalue weighted by Crippen LogP contribution is 2.67. The van der Waals surface area contributed by atoms with E-state index >= 15 is 0 Å². The molecule has 11 nitrogen and oxygen atoms in total. The van der Waals surface area contributed by atoms with Gasteiger partial charge < -0.3 is 33.7 Å². The molecule has 1 N–H and O–H groups in total. The molecular formula is C49H86N4O7. The summed E-state index contributed by atoms with van der Waals surface area (Å²) >= 11 is 0. The van der Waals surface area contributed by atoms with Crippen molar-refractivity contribution in [2.24, 2.45) is 51.8 Å². The maximum atomic E-state index is 12.7. The lowest BCUT2D eigenvalue weighted by Crippen LogP contribution is -2.51. The molecule has 11 heteroatoms. The van der Waals surface area contributed by atoms with Crippen LogP contribution in [0.1, 0.15) is 151 Å². The van der Waals surface area contributed by atoms with Crippen molar-refractivity contribution >= 4 is 6.09 Å².